The first-order chi connectivity index (χ1) is 12.9. The molecule has 1 amide bonds. The van der Waals surface area contributed by atoms with Crippen molar-refractivity contribution in [1.82, 2.24) is 9.80 Å². The first-order valence-corrected chi connectivity index (χ1v) is 9.88. The van der Waals surface area contributed by atoms with Crippen molar-refractivity contribution < 1.29 is 28.6 Å². The lowest BCUT2D eigenvalue weighted by molar-refractivity contribution is -0.175. The molecule has 0 aromatic heterocycles. The molecule has 2 bridgehead atoms. The van der Waals surface area contributed by atoms with E-state index in [0.717, 1.165) is 25.9 Å². The maximum atomic E-state index is 13.1. The van der Waals surface area contributed by atoms with Gasteiger partial charge in [0.05, 0.1) is 30.0 Å². The maximum Gasteiger partial charge on any atom is 0.315 e. The predicted octanol–water partition coefficient (Wildman–Crippen LogP) is 0.644. The maximum absolute atomic E-state index is 13.1. The van der Waals surface area contributed by atoms with E-state index in [4.69, 9.17) is 14.2 Å². The van der Waals surface area contributed by atoms with E-state index in [-0.39, 0.29) is 30.0 Å². The van der Waals surface area contributed by atoms with Crippen LogP contribution in [0, 0.1) is 17.8 Å². The number of amides is 1. The number of piperazine rings is 1. The molecule has 0 saturated carbocycles. The molecule has 152 valence electrons. The van der Waals surface area contributed by atoms with Crippen molar-refractivity contribution in [1.29, 1.82) is 0 Å². The zero-order chi connectivity index (χ0) is 19.6. The van der Waals surface area contributed by atoms with E-state index in [0.29, 0.717) is 19.5 Å². The van der Waals surface area contributed by atoms with Crippen LogP contribution in [0.5, 0.6) is 0 Å². The fourth-order valence-electron chi connectivity index (χ4n) is 4.08. The molecule has 8 nitrogen and oxygen atoms in total. The number of rotatable bonds is 6. The molecule has 3 saturated heterocycles. The molecular formula is C19H30N2O6. The van der Waals surface area contributed by atoms with Crippen molar-refractivity contribution >= 4 is 17.8 Å². The molecule has 0 aromatic rings. The highest BCUT2D eigenvalue weighted by molar-refractivity contribution is 5.87. The largest absolute Gasteiger partial charge is 0.428 e. The van der Waals surface area contributed by atoms with E-state index >= 15 is 0 Å². The average Bonchev–Trinajstić information content (AvgIpc) is 3.28. The van der Waals surface area contributed by atoms with Crippen molar-refractivity contribution in [3.63, 3.8) is 0 Å². The molecule has 0 radical (unpaired) electrons. The molecule has 5 atom stereocenters. The van der Waals surface area contributed by atoms with Crippen molar-refractivity contribution in [2.45, 2.75) is 45.3 Å². The highest BCUT2D eigenvalue weighted by atomic mass is 16.7. The van der Waals surface area contributed by atoms with Gasteiger partial charge in [0.15, 0.2) is 0 Å². The molecular weight excluding hydrogens is 352 g/mol. The van der Waals surface area contributed by atoms with Crippen molar-refractivity contribution in [3.8, 4) is 0 Å². The van der Waals surface area contributed by atoms with Gasteiger partial charge in [0.25, 0.3) is 0 Å². The molecule has 0 aliphatic carbocycles. The van der Waals surface area contributed by atoms with Crippen LogP contribution in [0.15, 0.2) is 0 Å². The minimum absolute atomic E-state index is 0.0196. The second-order valence-corrected chi connectivity index (χ2v) is 7.82. The fourth-order valence-corrected chi connectivity index (χ4v) is 4.08. The van der Waals surface area contributed by atoms with E-state index in [1.807, 2.05) is 18.9 Å². The van der Waals surface area contributed by atoms with Gasteiger partial charge in [-0.25, -0.2) is 0 Å². The summed E-state index contributed by atoms with van der Waals surface area (Å²) in [6.45, 7) is 6.22. The average molecular weight is 382 g/mol. The normalized spacial score (nSPS) is 31.6. The number of hydrogen-bond donors (Lipinski definition) is 0. The summed E-state index contributed by atoms with van der Waals surface area (Å²) < 4.78 is 16.1. The van der Waals surface area contributed by atoms with Crippen LogP contribution in [-0.2, 0) is 28.6 Å². The highest BCUT2D eigenvalue weighted by Gasteiger charge is 2.57. The monoisotopic (exact) mass is 382 g/mol. The summed E-state index contributed by atoms with van der Waals surface area (Å²) in [6.07, 6.45) is 1.70. The summed E-state index contributed by atoms with van der Waals surface area (Å²) >= 11 is 0. The fraction of sp³-hybridized carbons (Fsp3) is 0.842. The molecule has 0 spiro atoms. The Morgan fingerprint density at radius 3 is 2.30 bits per heavy atom. The zero-order valence-electron chi connectivity index (χ0n) is 16.4. The first kappa shape index (κ1) is 20.1. The summed E-state index contributed by atoms with van der Waals surface area (Å²) in [4.78, 5) is 41.4. The van der Waals surface area contributed by atoms with Gasteiger partial charge in [0.1, 0.15) is 0 Å². The minimum atomic E-state index is -0.613. The Balaban J connectivity index is 1.58. The number of carbonyl (C=O) groups is 3. The van der Waals surface area contributed by atoms with Gasteiger partial charge >= 0.3 is 11.9 Å². The topological polar surface area (TPSA) is 85.4 Å². The Bertz CT molecular complexity index is 575. The van der Waals surface area contributed by atoms with Gasteiger partial charge < -0.3 is 24.0 Å². The second-order valence-electron chi connectivity index (χ2n) is 7.82. The van der Waals surface area contributed by atoms with E-state index in [2.05, 4.69) is 4.90 Å². The van der Waals surface area contributed by atoms with Crippen molar-refractivity contribution in [2.24, 2.45) is 17.8 Å². The Labute approximate surface area is 160 Å². The molecule has 8 heteroatoms. The minimum Gasteiger partial charge on any atom is -0.428 e. The van der Waals surface area contributed by atoms with Gasteiger partial charge in [-0.1, -0.05) is 13.8 Å². The van der Waals surface area contributed by atoms with E-state index in [1.54, 1.807) is 6.92 Å². The van der Waals surface area contributed by atoms with Gasteiger partial charge in [-0.15, -0.1) is 0 Å². The standard InChI is InChI=1S/C19H30N2O6/c1-4-12(2)18(23)25-11-26-19(24)16-14-6-5-13(27-14)15(16)17(22)21-9-7-20(3)8-10-21/h12-16H,4-11H2,1-3H3. The van der Waals surface area contributed by atoms with Crippen LogP contribution in [-0.4, -0.2) is 79.9 Å². The SMILES string of the molecule is CCC(C)C(=O)OCOC(=O)C1C2CCC(O2)C1C(=O)N1CCN(C)CC1. The number of nitrogens with zero attached hydrogens (tertiary/aromatic N) is 2. The third-order valence-corrected chi connectivity index (χ3v) is 6.06. The molecule has 0 aromatic carbocycles. The molecule has 3 heterocycles. The molecule has 3 fully saturated rings. The Morgan fingerprint density at radius 1 is 1.04 bits per heavy atom. The first-order valence-electron chi connectivity index (χ1n) is 9.88. The zero-order valence-corrected chi connectivity index (χ0v) is 16.4. The molecule has 27 heavy (non-hydrogen) atoms. The lowest BCUT2D eigenvalue weighted by atomic mass is 9.78. The van der Waals surface area contributed by atoms with Crippen LogP contribution in [0.1, 0.15) is 33.1 Å². The molecule has 3 rings (SSSR count). The molecule has 3 aliphatic rings. The van der Waals surface area contributed by atoms with E-state index < -0.39 is 24.6 Å². The summed E-state index contributed by atoms with van der Waals surface area (Å²) in [5.74, 6) is -2.26. The lowest BCUT2D eigenvalue weighted by Gasteiger charge is -2.36. The van der Waals surface area contributed by atoms with E-state index in [9.17, 15) is 14.4 Å². The van der Waals surface area contributed by atoms with Crippen molar-refractivity contribution in [3.05, 3.63) is 0 Å². The highest BCUT2D eigenvalue weighted by Crippen LogP contribution is 2.45. The van der Waals surface area contributed by atoms with E-state index in [1.165, 1.54) is 0 Å². The summed E-state index contributed by atoms with van der Waals surface area (Å²) in [5.41, 5.74) is 0. The van der Waals surface area contributed by atoms with Gasteiger partial charge in [0.2, 0.25) is 12.7 Å². The summed E-state index contributed by atoms with van der Waals surface area (Å²) in [7, 11) is 2.03. The quantitative estimate of drug-likeness (QED) is 0.492. The number of hydrogen-bond acceptors (Lipinski definition) is 7. The van der Waals surface area contributed by atoms with Crippen LogP contribution in [0.3, 0.4) is 0 Å². The van der Waals surface area contributed by atoms with Crippen LogP contribution in [0.2, 0.25) is 0 Å². The number of ether oxygens (including phenoxy) is 3. The molecule has 0 N–H and O–H groups in total. The van der Waals surface area contributed by atoms with Crippen LogP contribution >= 0.6 is 0 Å². The number of carbonyl (C=O) groups excluding carboxylic acids is 3. The predicted molar refractivity (Wildman–Crippen MR) is 95.5 cm³/mol. The number of esters is 2. The summed E-state index contributed by atoms with van der Waals surface area (Å²) in [6, 6.07) is 0. The Hall–Kier alpha value is -1.67. The van der Waals surface area contributed by atoms with Gasteiger partial charge in [-0.2, -0.15) is 0 Å². The van der Waals surface area contributed by atoms with Crippen molar-refractivity contribution in [2.75, 3.05) is 40.0 Å². The third-order valence-electron chi connectivity index (χ3n) is 6.06. The van der Waals surface area contributed by atoms with Crippen LogP contribution < -0.4 is 0 Å². The number of fused-ring (bicyclic) bond motifs is 2. The van der Waals surface area contributed by atoms with Crippen LogP contribution in [0.25, 0.3) is 0 Å². The molecule has 3 aliphatic heterocycles. The summed E-state index contributed by atoms with van der Waals surface area (Å²) in [5, 5.41) is 0. The Morgan fingerprint density at radius 2 is 1.67 bits per heavy atom. The third kappa shape index (κ3) is 4.27. The smallest absolute Gasteiger partial charge is 0.315 e. The van der Waals surface area contributed by atoms with Crippen LogP contribution in [0.4, 0.5) is 0 Å². The Kier molecular flexibility index (Phi) is 6.37. The lowest BCUT2D eigenvalue weighted by Crippen LogP contribution is -2.52. The van der Waals surface area contributed by atoms with Gasteiger partial charge in [-0.3, -0.25) is 14.4 Å². The van der Waals surface area contributed by atoms with Gasteiger partial charge in [-0.05, 0) is 26.3 Å². The molecule has 5 unspecified atom stereocenters. The number of likely N-dealkylation sites (N-methyl/N-ethyl adjacent to an activating group) is 1. The second kappa shape index (κ2) is 8.56. The van der Waals surface area contributed by atoms with Gasteiger partial charge in [0, 0.05) is 26.2 Å².